The van der Waals surface area contributed by atoms with Crippen LogP contribution in [-0.4, -0.2) is 24.3 Å². The largest absolute Gasteiger partial charge is 0.475 e. The Labute approximate surface area is 124 Å². The quantitative estimate of drug-likeness (QED) is 0.615. The SMILES string of the molecule is Cc1cc(C)c2c(c1)C=C(C(=O)OCCl)C(C(F)(F)F)O2. The van der Waals surface area contributed by atoms with E-state index >= 15 is 0 Å². The van der Waals surface area contributed by atoms with E-state index in [9.17, 15) is 18.0 Å². The van der Waals surface area contributed by atoms with E-state index in [4.69, 9.17) is 16.3 Å². The third kappa shape index (κ3) is 3.15. The fourth-order valence-electron chi connectivity index (χ4n) is 2.22. The molecule has 0 N–H and O–H groups in total. The molecule has 1 aromatic rings. The number of carbonyl (C=O) groups is 1. The van der Waals surface area contributed by atoms with Gasteiger partial charge < -0.3 is 9.47 Å². The molecule has 1 aliphatic rings. The number of aryl methyl sites for hydroxylation is 2. The molecule has 3 nitrogen and oxygen atoms in total. The maximum absolute atomic E-state index is 13.1. The van der Waals surface area contributed by atoms with Crippen LogP contribution in [0.25, 0.3) is 6.08 Å². The Morgan fingerprint density at radius 1 is 1.38 bits per heavy atom. The van der Waals surface area contributed by atoms with Crippen LogP contribution in [0.5, 0.6) is 5.75 Å². The molecular formula is C14H12ClF3O3. The van der Waals surface area contributed by atoms with Gasteiger partial charge in [0.15, 0.2) is 6.07 Å². The number of carbonyl (C=O) groups excluding carboxylic acids is 1. The lowest BCUT2D eigenvalue weighted by Gasteiger charge is -2.28. The van der Waals surface area contributed by atoms with Crippen LogP contribution in [0.4, 0.5) is 13.2 Å². The minimum absolute atomic E-state index is 0.116. The molecule has 0 amide bonds. The second-order valence-electron chi connectivity index (χ2n) is 4.68. The standard InChI is InChI=1S/C14H12ClF3O3/c1-7-3-8(2)11-9(4-7)5-10(13(19)20-6-15)12(21-11)14(16,17)18/h3-5,12H,6H2,1-2H3. The molecule has 114 valence electrons. The zero-order chi connectivity index (χ0) is 15.8. The second-order valence-corrected chi connectivity index (χ2v) is 4.90. The van der Waals surface area contributed by atoms with Gasteiger partial charge in [0.25, 0.3) is 0 Å². The summed E-state index contributed by atoms with van der Waals surface area (Å²) in [6.07, 6.45) is -5.94. The van der Waals surface area contributed by atoms with Gasteiger partial charge in [-0.25, -0.2) is 4.79 Å². The summed E-state index contributed by atoms with van der Waals surface area (Å²) < 4.78 is 48.8. The molecule has 21 heavy (non-hydrogen) atoms. The number of benzene rings is 1. The Kier molecular flexibility index (Phi) is 4.18. The van der Waals surface area contributed by atoms with E-state index in [-0.39, 0.29) is 5.75 Å². The van der Waals surface area contributed by atoms with Gasteiger partial charge in [0.1, 0.15) is 5.75 Å². The minimum atomic E-state index is -4.73. The third-order valence-corrected chi connectivity index (χ3v) is 3.10. The molecule has 0 spiro atoms. The van der Waals surface area contributed by atoms with Gasteiger partial charge in [-0.15, -0.1) is 0 Å². The first-order valence-electron chi connectivity index (χ1n) is 6.03. The third-order valence-electron chi connectivity index (χ3n) is 3.00. The highest BCUT2D eigenvalue weighted by Gasteiger charge is 2.49. The van der Waals surface area contributed by atoms with Gasteiger partial charge in [-0.2, -0.15) is 13.2 Å². The average Bonchev–Trinajstić information content (AvgIpc) is 2.36. The number of rotatable bonds is 2. The molecule has 0 saturated carbocycles. The minimum Gasteiger partial charge on any atom is -0.475 e. The van der Waals surface area contributed by atoms with Crippen molar-refractivity contribution in [3.8, 4) is 5.75 Å². The normalized spacial score (nSPS) is 17.6. The van der Waals surface area contributed by atoms with Crippen molar-refractivity contribution in [2.24, 2.45) is 0 Å². The summed E-state index contributed by atoms with van der Waals surface area (Å²) in [5.74, 6) is -1.03. The first-order chi connectivity index (χ1) is 9.74. The molecule has 0 radical (unpaired) electrons. The number of ether oxygens (including phenoxy) is 2. The monoisotopic (exact) mass is 320 g/mol. The summed E-state index contributed by atoms with van der Waals surface area (Å²) in [7, 11) is 0. The molecule has 1 heterocycles. The van der Waals surface area contributed by atoms with Gasteiger partial charge in [-0.3, -0.25) is 0 Å². The van der Waals surface area contributed by atoms with Crippen LogP contribution in [-0.2, 0) is 9.53 Å². The highest BCUT2D eigenvalue weighted by Crippen LogP contribution is 2.39. The van der Waals surface area contributed by atoms with E-state index < -0.39 is 29.9 Å². The van der Waals surface area contributed by atoms with Crippen LogP contribution in [0.2, 0.25) is 0 Å². The fourth-order valence-corrected chi connectivity index (χ4v) is 2.32. The summed E-state index contributed by atoms with van der Waals surface area (Å²) in [6, 6.07) is 2.82. The van der Waals surface area contributed by atoms with E-state index in [1.54, 1.807) is 26.0 Å². The first kappa shape index (κ1) is 15.7. The van der Waals surface area contributed by atoms with Crippen LogP contribution >= 0.6 is 11.6 Å². The number of halogens is 4. The number of esters is 1. The topological polar surface area (TPSA) is 35.5 Å². The molecule has 1 aromatic carbocycles. The van der Waals surface area contributed by atoms with E-state index in [0.717, 1.165) is 11.6 Å². The van der Waals surface area contributed by atoms with Crippen LogP contribution in [0.3, 0.4) is 0 Å². The number of hydrogen-bond acceptors (Lipinski definition) is 3. The van der Waals surface area contributed by atoms with Crippen LogP contribution in [0, 0.1) is 13.8 Å². The van der Waals surface area contributed by atoms with E-state index in [1.165, 1.54) is 0 Å². The van der Waals surface area contributed by atoms with Crippen molar-refractivity contribution in [2.45, 2.75) is 26.1 Å². The van der Waals surface area contributed by atoms with Gasteiger partial charge in [0.2, 0.25) is 6.10 Å². The Morgan fingerprint density at radius 2 is 2.05 bits per heavy atom. The van der Waals surface area contributed by atoms with Crippen molar-refractivity contribution >= 4 is 23.6 Å². The molecule has 0 aromatic heterocycles. The fraction of sp³-hybridized carbons (Fsp3) is 0.357. The lowest BCUT2D eigenvalue weighted by atomic mass is 9.97. The first-order valence-corrected chi connectivity index (χ1v) is 6.56. The molecule has 0 aliphatic carbocycles. The summed E-state index contributed by atoms with van der Waals surface area (Å²) in [5.41, 5.74) is 1.22. The second kappa shape index (κ2) is 5.60. The van der Waals surface area contributed by atoms with Crippen molar-refractivity contribution in [1.82, 2.24) is 0 Å². The van der Waals surface area contributed by atoms with E-state index in [1.807, 2.05) is 0 Å². The molecule has 0 fully saturated rings. The average molecular weight is 321 g/mol. The maximum atomic E-state index is 13.1. The van der Waals surface area contributed by atoms with Crippen LogP contribution < -0.4 is 4.74 Å². The number of fused-ring (bicyclic) bond motifs is 1. The Balaban J connectivity index is 2.55. The smallest absolute Gasteiger partial charge is 0.430 e. The molecule has 1 aliphatic heterocycles. The molecular weight excluding hydrogens is 309 g/mol. The predicted octanol–water partition coefficient (Wildman–Crippen LogP) is 3.75. The maximum Gasteiger partial charge on any atom is 0.430 e. The molecule has 1 atom stereocenters. The number of alkyl halides is 4. The molecule has 1 unspecified atom stereocenters. The van der Waals surface area contributed by atoms with Crippen molar-refractivity contribution in [2.75, 3.05) is 6.07 Å². The lowest BCUT2D eigenvalue weighted by Crippen LogP contribution is -2.41. The van der Waals surface area contributed by atoms with Gasteiger partial charge in [-0.05, 0) is 31.6 Å². The molecule has 2 rings (SSSR count). The predicted molar refractivity (Wildman–Crippen MR) is 71.2 cm³/mol. The zero-order valence-electron chi connectivity index (χ0n) is 11.3. The summed E-state index contributed by atoms with van der Waals surface area (Å²) in [5, 5.41) is 0. The van der Waals surface area contributed by atoms with Gasteiger partial charge >= 0.3 is 12.1 Å². The van der Waals surface area contributed by atoms with Gasteiger partial charge in [-0.1, -0.05) is 23.2 Å². The molecule has 0 saturated heterocycles. The molecule has 0 bridgehead atoms. The van der Waals surface area contributed by atoms with Crippen LogP contribution in [0.1, 0.15) is 16.7 Å². The summed E-state index contributed by atoms with van der Waals surface area (Å²) in [6.45, 7) is 3.45. The summed E-state index contributed by atoms with van der Waals surface area (Å²) >= 11 is 5.24. The Hall–Kier alpha value is -1.69. The van der Waals surface area contributed by atoms with Crippen molar-refractivity contribution in [1.29, 1.82) is 0 Å². The Bertz CT molecular complexity index is 608. The van der Waals surface area contributed by atoms with Crippen molar-refractivity contribution in [3.05, 3.63) is 34.4 Å². The van der Waals surface area contributed by atoms with E-state index in [0.29, 0.717) is 11.1 Å². The lowest BCUT2D eigenvalue weighted by molar-refractivity contribution is -0.187. The van der Waals surface area contributed by atoms with Gasteiger partial charge in [0, 0.05) is 5.56 Å². The van der Waals surface area contributed by atoms with Crippen molar-refractivity contribution < 1.29 is 27.4 Å². The van der Waals surface area contributed by atoms with Crippen LogP contribution in [0.15, 0.2) is 17.7 Å². The highest BCUT2D eigenvalue weighted by atomic mass is 35.5. The van der Waals surface area contributed by atoms with E-state index in [2.05, 4.69) is 4.74 Å². The zero-order valence-corrected chi connectivity index (χ0v) is 12.0. The Morgan fingerprint density at radius 3 is 2.62 bits per heavy atom. The van der Waals surface area contributed by atoms with Crippen molar-refractivity contribution in [3.63, 3.8) is 0 Å². The number of hydrogen-bond donors (Lipinski definition) is 0. The molecule has 7 heteroatoms. The highest BCUT2D eigenvalue weighted by molar-refractivity contribution is 6.17. The van der Waals surface area contributed by atoms with Gasteiger partial charge in [0.05, 0.1) is 5.57 Å². The summed E-state index contributed by atoms with van der Waals surface area (Å²) in [4.78, 5) is 11.7.